The van der Waals surface area contributed by atoms with E-state index in [2.05, 4.69) is 12.2 Å². The summed E-state index contributed by atoms with van der Waals surface area (Å²) in [7, 11) is 0. The second-order valence-corrected chi connectivity index (χ2v) is 11.4. The molecular weight excluding hydrogens is 426 g/mol. The SMILES string of the molecule is CCCC(C(=O)NCCC1COc2ccc(C(=N)N)cc21)(C1CCSC1)C1CCSC1. The van der Waals surface area contributed by atoms with Gasteiger partial charge in [0, 0.05) is 23.6 Å². The van der Waals surface area contributed by atoms with Crippen molar-refractivity contribution in [3.8, 4) is 5.75 Å². The predicted octanol–water partition coefficient (Wildman–Crippen LogP) is 4.25. The fourth-order valence-electron chi connectivity index (χ4n) is 5.73. The van der Waals surface area contributed by atoms with Crippen molar-refractivity contribution in [3.05, 3.63) is 29.3 Å². The fourth-order valence-corrected chi connectivity index (χ4v) is 8.46. The van der Waals surface area contributed by atoms with Gasteiger partial charge in [0.2, 0.25) is 5.91 Å². The van der Waals surface area contributed by atoms with Gasteiger partial charge in [0.05, 0.1) is 12.0 Å². The highest BCUT2D eigenvalue weighted by Crippen LogP contribution is 2.51. The van der Waals surface area contributed by atoms with Crippen LogP contribution in [0.2, 0.25) is 0 Å². The van der Waals surface area contributed by atoms with Crippen LogP contribution in [0.25, 0.3) is 0 Å². The molecule has 1 aromatic rings. The minimum atomic E-state index is -0.201. The maximum absolute atomic E-state index is 13.8. The van der Waals surface area contributed by atoms with E-state index in [0.29, 0.717) is 30.9 Å². The average molecular weight is 462 g/mol. The number of carbonyl (C=O) groups excluding carboxylic acids is 1. The molecule has 3 atom stereocenters. The zero-order valence-corrected chi connectivity index (χ0v) is 20.1. The molecule has 4 N–H and O–H groups in total. The molecule has 0 aliphatic carbocycles. The number of ether oxygens (including phenoxy) is 1. The van der Waals surface area contributed by atoms with E-state index >= 15 is 0 Å². The molecule has 1 amide bonds. The predicted molar refractivity (Wildman–Crippen MR) is 132 cm³/mol. The number of nitrogen functional groups attached to an aromatic ring is 1. The van der Waals surface area contributed by atoms with Crippen LogP contribution in [0.1, 0.15) is 56.1 Å². The van der Waals surface area contributed by atoms with Gasteiger partial charge in [-0.2, -0.15) is 23.5 Å². The number of carbonyl (C=O) groups is 1. The summed E-state index contributed by atoms with van der Waals surface area (Å²) in [6.45, 7) is 3.53. The van der Waals surface area contributed by atoms with E-state index in [9.17, 15) is 4.79 Å². The third kappa shape index (κ3) is 4.58. The van der Waals surface area contributed by atoms with Gasteiger partial charge in [-0.3, -0.25) is 10.2 Å². The molecule has 0 bridgehead atoms. The molecule has 5 nitrogen and oxygen atoms in total. The Hall–Kier alpha value is -1.34. The minimum absolute atomic E-state index is 0.0787. The number of thioether (sulfide) groups is 2. The van der Waals surface area contributed by atoms with Crippen molar-refractivity contribution in [2.45, 2.75) is 44.9 Å². The van der Waals surface area contributed by atoms with Crippen molar-refractivity contribution in [1.82, 2.24) is 5.32 Å². The third-order valence-corrected chi connectivity index (χ3v) is 9.71. The van der Waals surface area contributed by atoms with Gasteiger partial charge in [-0.1, -0.05) is 13.3 Å². The lowest BCUT2D eigenvalue weighted by atomic mass is 9.62. The molecule has 4 rings (SSSR count). The number of fused-ring (bicyclic) bond motifs is 1. The van der Waals surface area contributed by atoms with Crippen molar-refractivity contribution in [1.29, 1.82) is 5.41 Å². The minimum Gasteiger partial charge on any atom is -0.493 e. The second kappa shape index (κ2) is 10.1. The summed E-state index contributed by atoms with van der Waals surface area (Å²) >= 11 is 4.04. The van der Waals surface area contributed by atoms with Gasteiger partial charge < -0.3 is 15.8 Å². The van der Waals surface area contributed by atoms with Crippen LogP contribution in [0, 0.1) is 22.7 Å². The Balaban J connectivity index is 1.44. The van der Waals surface area contributed by atoms with Crippen LogP contribution < -0.4 is 15.8 Å². The van der Waals surface area contributed by atoms with Crippen LogP contribution in [-0.2, 0) is 4.79 Å². The molecule has 3 aliphatic rings. The normalized spacial score (nSPS) is 26.8. The summed E-state index contributed by atoms with van der Waals surface area (Å²) in [5, 5.41) is 11.1. The summed E-state index contributed by atoms with van der Waals surface area (Å²) < 4.78 is 5.84. The molecule has 0 saturated carbocycles. The van der Waals surface area contributed by atoms with Crippen molar-refractivity contribution in [2.24, 2.45) is 23.0 Å². The Bertz CT molecular complexity index is 788. The maximum Gasteiger partial charge on any atom is 0.226 e. The highest BCUT2D eigenvalue weighted by molar-refractivity contribution is 7.99. The van der Waals surface area contributed by atoms with E-state index in [-0.39, 0.29) is 17.2 Å². The van der Waals surface area contributed by atoms with Crippen molar-refractivity contribution < 1.29 is 9.53 Å². The van der Waals surface area contributed by atoms with Gasteiger partial charge in [-0.15, -0.1) is 0 Å². The van der Waals surface area contributed by atoms with Gasteiger partial charge in [-0.05, 0) is 78.7 Å². The molecule has 31 heavy (non-hydrogen) atoms. The zero-order chi connectivity index (χ0) is 21.8. The van der Waals surface area contributed by atoms with Crippen LogP contribution >= 0.6 is 23.5 Å². The third-order valence-electron chi connectivity index (χ3n) is 7.38. The number of amidine groups is 1. The first-order chi connectivity index (χ1) is 15.1. The van der Waals surface area contributed by atoms with Crippen LogP contribution in [-0.4, -0.2) is 47.9 Å². The number of nitrogens with one attached hydrogen (secondary N) is 2. The number of nitrogens with two attached hydrogens (primary N) is 1. The quantitative estimate of drug-likeness (QED) is 0.378. The van der Waals surface area contributed by atoms with Gasteiger partial charge >= 0.3 is 0 Å². The fraction of sp³-hybridized carbons (Fsp3) is 0.667. The van der Waals surface area contributed by atoms with Gasteiger partial charge in [0.1, 0.15) is 11.6 Å². The van der Waals surface area contributed by atoms with Gasteiger partial charge in [0.25, 0.3) is 0 Å². The number of rotatable bonds is 9. The first kappa shape index (κ1) is 22.8. The molecule has 7 heteroatoms. The van der Waals surface area contributed by atoms with E-state index in [0.717, 1.165) is 47.6 Å². The van der Waals surface area contributed by atoms with E-state index in [4.69, 9.17) is 15.9 Å². The molecule has 0 radical (unpaired) electrons. The van der Waals surface area contributed by atoms with Gasteiger partial charge in [-0.25, -0.2) is 0 Å². The lowest BCUT2D eigenvalue weighted by molar-refractivity contribution is -0.138. The lowest BCUT2D eigenvalue weighted by Crippen LogP contribution is -2.51. The summed E-state index contributed by atoms with van der Waals surface area (Å²) in [5.41, 5.74) is 7.32. The summed E-state index contributed by atoms with van der Waals surface area (Å²) in [6.07, 6.45) is 5.27. The topological polar surface area (TPSA) is 88.2 Å². The monoisotopic (exact) mass is 461 g/mol. The number of amides is 1. The zero-order valence-electron chi connectivity index (χ0n) is 18.5. The van der Waals surface area contributed by atoms with Crippen LogP contribution in [0.15, 0.2) is 18.2 Å². The molecule has 3 unspecified atom stereocenters. The Labute approximate surface area is 194 Å². The average Bonchev–Trinajstić information content (AvgIpc) is 3.54. The van der Waals surface area contributed by atoms with Crippen molar-refractivity contribution >= 4 is 35.3 Å². The molecule has 2 saturated heterocycles. The smallest absolute Gasteiger partial charge is 0.226 e. The van der Waals surface area contributed by atoms with E-state index in [1.807, 2.05) is 41.7 Å². The van der Waals surface area contributed by atoms with Crippen molar-refractivity contribution in [3.63, 3.8) is 0 Å². The number of benzene rings is 1. The largest absolute Gasteiger partial charge is 0.493 e. The summed E-state index contributed by atoms with van der Waals surface area (Å²) in [5.74, 6) is 7.16. The molecule has 0 aromatic heterocycles. The Morgan fingerprint density at radius 2 is 1.97 bits per heavy atom. The number of hydrogen-bond donors (Lipinski definition) is 3. The number of hydrogen-bond acceptors (Lipinski definition) is 5. The van der Waals surface area contributed by atoms with E-state index in [1.54, 1.807) is 0 Å². The molecule has 3 heterocycles. The molecule has 2 fully saturated rings. The van der Waals surface area contributed by atoms with Crippen LogP contribution in [0.5, 0.6) is 5.75 Å². The standard InChI is InChI=1S/C24H35N3O2S2/c1-2-8-24(18-6-10-30-14-18,19-7-11-31-15-19)23(28)27-9-5-17-13-29-21-4-3-16(22(25)26)12-20(17)21/h3-4,12,17-19H,2,5-11,13-15H2,1H3,(H3,25,26)(H,27,28). The summed E-state index contributed by atoms with van der Waals surface area (Å²) in [6, 6.07) is 5.72. The van der Waals surface area contributed by atoms with Crippen molar-refractivity contribution in [2.75, 3.05) is 36.2 Å². The first-order valence-electron chi connectivity index (χ1n) is 11.6. The molecule has 0 spiro atoms. The van der Waals surface area contributed by atoms with Gasteiger partial charge in [0.15, 0.2) is 0 Å². The highest BCUT2D eigenvalue weighted by Gasteiger charge is 2.51. The maximum atomic E-state index is 13.8. The lowest BCUT2D eigenvalue weighted by Gasteiger charge is -2.42. The van der Waals surface area contributed by atoms with E-state index in [1.165, 1.54) is 24.3 Å². The molecule has 3 aliphatic heterocycles. The van der Waals surface area contributed by atoms with E-state index < -0.39 is 0 Å². The Morgan fingerprint density at radius 3 is 2.55 bits per heavy atom. The Morgan fingerprint density at radius 1 is 1.26 bits per heavy atom. The second-order valence-electron chi connectivity index (χ2n) is 9.13. The molecule has 170 valence electrons. The molecular formula is C24H35N3O2S2. The molecule has 1 aromatic carbocycles. The first-order valence-corrected chi connectivity index (χ1v) is 13.9. The Kier molecular flexibility index (Phi) is 7.42. The van der Waals surface area contributed by atoms with Crippen LogP contribution in [0.3, 0.4) is 0 Å². The summed E-state index contributed by atoms with van der Waals surface area (Å²) in [4.78, 5) is 13.8. The van der Waals surface area contributed by atoms with Crippen LogP contribution in [0.4, 0.5) is 0 Å². The highest BCUT2D eigenvalue weighted by atomic mass is 32.2.